The zero-order chi connectivity index (χ0) is 12.8. The fraction of sp³-hybridized carbons (Fsp3) is 0.667. The minimum absolute atomic E-state index is 0.216. The van der Waals surface area contributed by atoms with Crippen molar-refractivity contribution in [2.75, 3.05) is 6.61 Å². The number of nitrogens with zero attached hydrogens (tertiary/aromatic N) is 2. The van der Waals surface area contributed by atoms with E-state index in [-0.39, 0.29) is 18.1 Å². The summed E-state index contributed by atoms with van der Waals surface area (Å²) >= 11 is 0. The van der Waals surface area contributed by atoms with Crippen LogP contribution in [0.3, 0.4) is 0 Å². The summed E-state index contributed by atoms with van der Waals surface area (Å²) < 4.78 is 6.92. The number of ether oxygens (including phenoxy) is 1. The van der Waals surface area contributed by atoms with Gasteiger partial charge in [-0.3, -0.25) is 4.79 Å². The lowest BCUT2D eigenvalue weighted by Gasteiger charge is -2.18. The molecule has 0 aromatic carbocycles. The molecule has 0 bridgehead atoms. The Morgan fingerprint density at radius 2 is 2.29 bits per heavy atom. The van der Waals surface area contributed by atoms with E-state index in [9.17, 15) is 4.79 Å². The number of carbonyl (C=O) groups excluding carboxylic acids is 1. The maximum Gasteiger partial charge on any atom is 0.323 e. The van der Waals surface area contributed by atoms with Crippen molar-refractivity contribution >= 4 is 5.97 Å². The monoisotopic (exact) mass is 239 g/mol. The average Bonchev–Trinajstić information content (AvgIpc) is 2.63. The van der Waals surface area contributed by atoms with Crippen molar-refractivity contribution < 1.29 is 9.53 Å². The number of nitrogens with one attached hydrogen (secondary N) is 1. The lowest BCUT2D eigenvalue weighted by atomic mass is 10.1. The van der Waals surface area contributed by atoms with Crippen LogP contribution >= 0.6 is 0 Å². The summed E-state index contributed by atoms with van der Waals surface area (Å²) in [5, 5.41) is 3.20. The number of hydrogen-bond donors (Lipinski definition) is 1. The van der Waals surface area contributed by atoms with Gasteiger partial charge in [-0.2, -0.15) is 0 Å². The predicted molar refractivity (Wildman–Crippen MR) is 65.6 cm³/mol. The van der Waals surface area contributed by atoms with Crippen LogP contribution < -0.4 is 5.32 Å². The molecule has 1 aromatic rings. The first-order valence-corrected chi connectivity index (χ1v) is 5.92. The van der Waals surface area contributed by atoms with Gasteiger partial charge in [0.1, 0.15) is 6.04 Å². The summed E-state index contributed by atoms with van der Waals surface area (Å²) in [6.45, 7) is 6.22. The molecule has 1 N–H and O–H groups in total. The smallest absolute Gasteiger partial charge is 0.323 e. The molecule has 0 aliphatic carbocycles. The van der Waals surface area contributed by atoms with Crippen LogP contribution in [-0.4, -0.2) is 34.2 Å². The fourth-order valence-corrected chi connectivity index (χ4v) is 1.64. The van der Waals surface area contributed by atoms with Crippen LogP contribution in [0.15, 0.2) is 12.5 Å². The minimum Gasteiger partial charge on any atom is -0.465 e. The van der Waals surface area contributed by atoms with E-state index in [0.717, 1.165) is 5.69 Å². The first kappa shape index (κ1) is 13.7. The lowest BCUT2D eigenvalue weighted by Crippen LogP contribution is -2.43. The van der Waals surface area contributed by atoms with Crippen molar-refractivity contribution in [2.45, 2.75) is 39.3 Å². The lowest BCUT2D eigenvalue weighted by molar-refractivity contribution is -0.145. The molecule has 5 heteroatoms. The topological polar surface area (TPSA) is 56.2 Å². The van der Waals surface area contributed by atoms with E-state index in [4.69, 9.17) is 4.74 Å². The first-order chi connectivity index (χ1) is 8.02. The molecule has 0 amide bonds. The molecule has 0 radical (unpaired) electrons. The van der Waals surface area contributed by atoms with Gasteiger partial charge in [-0.25, -0.2) is 4.98 Å². The van der Waals surface area contributed by atoms with Crippen molar-refractivity contribution in [3.05, 3.63) is 18.2 Å². The Kier molecular flexibility index (Phi) is 5.15. The van der Waals surface area contributed by atoms with Crippen LogP contribution in [0.1, 0.15) is 26.5 Å². The number of carbonyl (C=O) groups is 1. The van der Waals surface area contributed by atoms with Crippen LogP contribution in [0.2, 0.25) is 0 Å². The van der Waals surface area contributed by atoms with E-state index in [0.29, 0.717) is 13.0 Å². The standard InChI is InChI=1S/C12H21N3O2/c1-5-17-12(16)11(14-9(2)3)6-10-7-15(4)8-13-10/h7-9,11,14H,5-6H2,1-4H3. The molecule has 1 aromatic heterocycles. The van der Waals surface area contributed by atoms with E-state index >= 15 is 0 Å². The Labute approximate surface area is 102 Å². The third-order valence-electron chi connectivity index (χ3n) is 2.28. The van der Waals surface area contributed by atoms with Gasteiger partial charge >= 0.3 is 5.97 Å². The Hall–Kier alpha value is -1.36. The second-order valence-electron chi connectivity index (χ2n) is 4.36. The van der Waals surface area contributed by atoms with Gasteiger partial charge in [-0.1, -0.05) is 13.8 Å². The molecule has 0 spiro atoms. The van der Waals surface area contributed by atoms with E-state index in [2.05, 4.69) is 10.3 Å². The summed E-state index contributed by atoms with van der Waals surface area (Å²) in [5.41, 5.74) is 0.888. The van der Waals surface area contributed by atoms with Gasteiger partial charge in [0, 0.05) is 25.7 Å². The number of aryl methyl sites for hydroxylation is 1. The second-order valence-corrected chi connectivity index (χ2v) is 4.36. The van der Waals surface area contributed by atoms with Crippen molar-refractivity contribution in [3.63, 3.8) is 0 Å². The van der Waals surface area contributed by atoms with Gasteiger partial charge in [0.15, 0.2) is 0 Å². The molecule has 96 valence electrons. The molecule has 1 heterocycles. The van der Waals surface area contributed by atoms with Crippen LogP contribution in [-0.2, 0) is 23.0 Å². The van der Waals surface area contributed by atoms with Crippen molar-refractivity contribution in [1.29, 1.82) is 0 Å². The largest absolute Gasteiger partial charge is 0.465 e. The quantitative estimate of drug-likeness (QED) is 0.749. The molecule has 1 atom stereocenters. The van der Waals surface area contributed by atoms with Gasteiger partial charge < -0.3 is 14.6 Å². The predicted octanol–water partition coefficient (Wildman–Crippen LogP) is 0.892. The summed E-state index contributed by atoms with van der Waals surface area (Å²) in [6, 6.07) is -0.0991. The van der Waals surface area contributed by atoms with Crippen molar-refractivity contribution in [1.82, 2.24) is 14.9 Å². The van der Waals surface area contributed by atoms with Crippen LogP contribution in [0.5, 0.6) is 0 Å². The van der Waals surface area contributed by atoms with Gasteiger partial charge in [0.05, 0.1) is 18.6 Å². The number of hydrogen-bond acceptors (Lipinski definition) is 4. The molecule has 1 unspecified atom stereocenters. The van der Waals surface area contributed by atoms with Gasteiger partial charge in [-0.05, 0) is 6.92 Å². The summed E-state index contributed by atoms with van der Waals surface area (Å²) in [6.07, 6.45) is 4.19. The molecule has 17 heavy (non-hydrogen) atoms. The summed E-state index contributed by atoms with van der Waals surface area (Å²) in [7, 11) is 1.91. The summed E-state index contributed by atoms with van der Waals surface area (Å²) in [5.74, 6) is -0.216. The van der Waals surface area contributed by atoms with Gasteiger partial charge in [-0.15, -0.1) is 0 Å². The van der Waals surface area contributed by atoms with Crippen LogP contribution in [0.4, 0.5) is 0 Å². The summed E-state index contributed by atoms with van der Waals surface area (Å²) in [4.78, 5) is 16.0. The highest BCUT2D eigenvalue weighted by Crippen LogP contribution is 2.03. The molecule has 0 aliphatic heterocycles. The SMILES string of the molecule is CCOC(=O)C(Cc1cn(C)cn1)NC(C)C. The van der Waals surface area contributed by atoms with Crippen LogP contribution in [0.25, 0.3) is 0 Å². The number of imidazole rings is 1. The molecule has 0 fully saturated rings. The maximum atomic E-state index is 11.8. The molecule has 1 rings (SSSR count). The third kappa shape index (κ3) is 4.56. The third-order valence-corrected chi connectivity index (χ3v) is 2.28. The Morgan fingerprint density at radius 3 is 2.76 bits per heavy atom. The maximum absolute atomic E-state index is 11.8. The normalized spacial score (nSPS) is 12.8. The highest BCUT2D eigenvalue weighted by Gasteiger charge is 2.21. The second kappa shape index (κ2) is 6.39. The Balaban J connectivity index is 2.66. The average molecular weight is 239 g/mol. The molecule has 5 nitrogen and oxygen atoms in total. The molecular weight excluding hydrogens is 218 g/mol. The van der Waals surface area contributed by atoms with Crippen LogP contribution in [0, 0.1) is 0 Å². The zero-order valence-electron chi connectivity index (χ0n) is 10.9. The number of esters is 1. The van der Waals surface area contributed by atoms with E-state index < -0.39 is 0 Å². The van der Waals surface area contributed by atoms with Crippen molar-refractivity contribution in [3.8, 4) is 0 Å². The Morgan fingerprint density at radius 1 is 1.59 bits per heavy atom. The van der Waals surface area contributed by atoms with E-state index in [1.165, 1.54) is 0 Å². The van der Waals surface area contributed by atoms with E-state index in [1.54, 1.807) is 6.33 Å². The Bertz CT molecular complexity index is 360. The molecule has 0 saturated carbocycles. The highest BCUT2D eigenvalue weighted by atomic mass is 16.5. The fourth-order valence-electron chi connectivity index (χ4n) is 1.64. The van der Waals surface area contributed by atoms with E-state index in [1.807, 2.05) is 38.6 Å². The zero-order valence-corrected chi connectivity index (χ0v) is 10.9. The van der Waals surface area contributed by atoms with Crippen molar-refractivity contribution in [2.24, 2.45) is 7.05 Å². The molecular formula is C12H21N3O2. The molecule has 0 saturated heterocycles. The first-order valence-electron chi connectivity index (χ1n) is 5.92. The van der Waals surface area contributed by atoms with Gasteiger partial charge in [0.25, 0.3) is 0 Å². The number of aromatic nitrogens is 2. The minimum atomic E-state index is -0.329. The molecule has 0 aliphatic rings. The van der Waals surface area contributed by atoms with Gasteiger partial charge in [0.2, 0.25) is 0 Å². The highest BCUT2D eigenvalue weighted by molar-refractivity contribution is 5.76. The number of rotatable bonds is 6.